The molecule has 6 heteroatoms. The number of nitrogen functional groups attached to an aromatic ring is 1. The molecule has 3 N–H and O–H groups in total. The number of nitrogens with one attached hydrogen (secondary N) is 1. The fraction of sp³-hybridized carbons (Fsp3) is 0.125. The molecule has 0 aromatic heterocycles. The van der Waals surface area contributed by atoms with E-state index in [0.29, 0.717) is 0 Å². The summed E-state index contributed by atoms with van der Waals surface area (Å²) in [5, 5.41) is 7.08. The van der Waals surface area contributed by atoms with Crippen LogP contribution in [-0.2, 0) is 0 Å². The van der Waals surface area contributed by atoms with E-state index in [9.17, 15) is 0 Å². The fourth-order valence-corrected chi connectivity index (χ4v) is 0.733. The molecule has 0 unspecified atom stereocenters. The minimum absolute atomic E-state index is 0. The lowest BCUT2D eigenvalue weighted by molar-refractivity contribution is 1.40. The third kappa shape index (κ3) is 7.27. The van der Waals surface area contributed by atoms with Gasteiger partial charge >= 0.3 is 0 Å². The summed E-state index contributed by atoms with van der Waals surface area (Å²) in [7, 11) is 0. The van der Waals surface area contributed by atoms with Gasteiger partial charge in [-0.25, -0.2) is 0 Å². The molecule has 0 aliphatic carbocycles. The zero-order valence-corrected chi connectivity index (χ0v) is 10.8. The van der Waals surface area contributed by atoms with E-state index in [-0.39, 0.29) is 55.5 Å². The molecule has 1 rings (SSSR count). The smallest absolute Gasteiger partial charge is 0.122 e. The van der Waals surface area contributed by atoms with E-state index in [4.69, 9.17) is 11.1 Å². The maximum atomic E-state index is 7.08. The van der Waals surface area contributed by atoms with Crippen LogP contribution in [0.5, 0.6) is 0 Å². The van der Waals surface area contributed by atoms with Crippen molar-refractivity contribution in [1.82, 2.24) is 0 Å². The van der Waals surface area contributed by atoms with E-state index in [1.165, 1.54) is 5.56 Å². The van der Waals surface area contributed by atoms with Crippen molar-refractivity contribution in [3.63, 3.8) is 0 Å². The first-order valence-corrected chi connectivity index (χ1v) is 3.11. The van der Waals surface area contributed by atoms with Crippen LogP contribution >= 0.6 is 49.6 Å². The first kappa shape index (κ1) is 23.6. The van der Waals surface area contributed by atoms with Crippen molar-refractivity contribution >= 4 is 55.5 Å². The van der Waals surface area contributed by atoms with Crippen LogP contribution in [0.2, 0.25) is 0 Å². The second-order valence-corrected chi connectivity index (χ2v) is 2.28. The van der Waals surface area contributed by atoms with Gasteiger partial charge in [0, 0.05) is 5.56 Å². The Morgan fingerprint density at radius 1 is 1.00 bits per heavy atom. The Kier molecular flexibility index (Phi) is 18.4. The number of aryl methyl sites for hydroxylation is 1. The topological polar surface area (TPSA) is 49.9 Å². The van der Waals surface area contributed by atoms with Crippen LogP contribution in [0.4, 0.5) is 0 Å². The van der Waals surface area contributed by atoms with Crippen molar-refractivity contribution in [3.8, 4) is 0 Å². The second kappa shape index (κ2) is 10.9. The minimum Gasteiger partial charge on any atom is -0.384 e. The highest BCUT2D eigenvalue weighted by atomic mass is 35.5. The maximum absolute atomic E-state index is 7.08. The molecule has 0 aliphatic heterocycles. The zero-order chi connectivity index (χ0) is 7.56. The van der Waals surface area contributed by atoms with E-state index < -0.39 is 0 Å². The molecule has 0 amide bonds. The molecule has 0 spiro atoms. The van der Waals surface area contributed by atoms with Crippen LogP contribution in [0.15, 0.2) is 24.3 Å². The number of hydrogen-bond donors (Lipinski definition) is 2. The lowest BCUT2D eigenvalue weighted by Gasteiger charge is -1.96. The van der Waals surface area contributed by atoms with Crippen molar-refractivity contribution < 1.29 is 0 Å². The highest BCUT2D eigenvalue weighted by Gasteiger charge is 1.92. The Morgan fingerprint density at radius 2 is 1.36 bits per heavy atom. The second-order valence-electron chi connectivity index (χ2n) is 2.28. The predicted octanol–water partition coefficient (Wildman–Crippen LogP) is 2.97. The van der Waals surface area contributed by atoms with Gasteiger partial charge in [-0.3, -0.25) is 5.41 Å². The van der Waals surface area contributed by atoms with Crippen molar-refractivity contribution in [2.75, 3.05) is 0 Å². The van der Waals surface area contributed by atoms with E-state index >= 15 is 0 Å². The van der Waals surface area contributed by atoms with E-state index in [2.05, 4.69) is 0 Å². The summed E-state index contributed by atoms with van der Waals surface area (Å²) in [5.41, 5.74) is 7.22. The SMILES string of the molecule is Cc1ccc(C(=N)N)cc1.Cl.Cl.Cl.Cl. The van der Waals surface area contributed by atoms with Crippen LogP contribution in [0, 0.1) is 12.3 Å². The van der Waals surface area contributed by atoms with Crippen molar-refractivity contribution in [1.29, 1.82) is 5.41 Å². The minimum atomic E-state index is 0. The van der Waals surface area contributed by atoms with Crippen molar-refractivity contribution in [2.24, 2.45) is 5.73 Å². The number of hydrogen-bond acceptors (Lipinski definition) is 1. The van der Waals surface area contributed by atoms with Crippen LogP contribution in [0.1, 0.15) is 11.1 Å². The fourth-order valence-electron chi connectivity index (χ4n) is 0.733. The highest BCUT2D eigenvalue weighted by molar-refractivity contribution is 5.94. The zero-order valence-electron chi connectivity index (χ0n) is 7.52. The van der Waals surface area contributed by atoms with Crippen LogP contribution < -0.4 is 5.73 Å². The summed E-state index contributed by atoms with van der Waals surface area (Å²) in [5.74, 6) is 0.125. The Morgan fingerprint density at radius 3 is 1.64 bits per heavy atom. The molecule has 0 atom stereocenters. The summed E-state index contributed by atoms with van der Waals surface area (Å²) in [6.07, 6.45) is 0. The molecule has 0 fully saturated rings. The third-order valence-electron chi connectivity index (χ3n) is 1.36. The van der Waals surface area contributed by atoms with Gasteiger partial charge in [-0.15, -0.1) is 49.6 Å². The molecule has 0 aliphatic rings. The lowest BCUT2D eigenvalue weighted by Crippen LogP contribution is -2.10. The normalized spacial score (nSPS) is 6.64. The van der Waals surface area contributed by atoms with Crippen molar-refractivity contribution in [3.05, 3.63) is 35.4 Å². The summed E-state index contributed by atoms with van der Waals surface area (Å²) in [6.45, 7) is 2.00. The first-order chi connectivity index (χ1) is 4.70. The third-order valence-corrected chi connectivity index (χ3v) is 1.36. The Hall–Kier alpha value is -0.150. The summed E-state index contributed by atoms with van der Waals surface area (Å²) in [4.78, 5) is 0. The molecule has 1 aromatic rings. The molecule has 2 nitrogen and oxygen atoms in total. The van der Waals surface area contributed by atoms with Gasteiger partial charge in [0.2, 0.25) is 0 Å². The van der Waals surface area contributed by atoms with E-state index in [1.54, 1.807) is 0 Å². The van der Waals surface area contributed by atoms with Gasteiger partial charge in [0.25, 0.3) is 0 Å². The van der Waals surface area contributed by atoms with Crippen LogP contribution in [0.25, 0.3) is 0 Å². The average molecular weight is 280 g/mol. The lowest BCUT2D eigenvalue weighted by atomic mass is 10.1. The largest absolute Gasteiger partial charge is 0.384 e. The van der Waals surface area contributed by atoms with E-state index in [1.807, 2.05) is 31.2 Å². The molecular formula is C8H14Cl4N2. The van der Waals surface area contributed by atoms with Gasteiger partial charge in [-0.1, -0.05) is 29.8 Å². The van der Waals surface area contributed by atoms with Gasteiger partial charge in [0.15, 0.2) is 0 Å². The van der Waals surface area contributed by atoms with Gasteiger partial charge in [0.05, 0.1) is 0 Å². The Labute approximate surface area is 109 Å². The quantitative estimate of drug-likeness (QED) is 0.603. The highest BCUT2D eigenvalue weighted by Crippen LogP contribution is 2.00. The molecular weight excluding hydrogens is 266 g/mol. The molecule has 0 heterocycles. The number of halogens is 4. The number of rotatable bonds is 1. The van der Waals surface area contributed by atoms with Gasteiger partial charge in [-0.2, -0.15) is 0 Å². The number of amidine groups is 1. The first-order valence-electron chi connectivity index (χ1n) is 3.11. The summed E-state index contributed by atoms with van der Waals surface area (Å²) < 4.78 is 0. The summed E-state index contributed by atoms with van der Waals surface area (Å²) in [6, 6.07) is 7.57. The average Bonchev–Trinajstić information content (AvgIpc) is 1.88. The standard InChI is InChI=1S/C8H10N2.4ClH/c1-6-2-4-7(5-3-6)8(9)10;;;;/h2-5H,1H3,(H3,9,10);4*1H. The van der Waals surface area contributed by atoms with E-state index in [0.717, 1.165) is 5.56 Å². The van der Waals surface area contributed by atoms with Gasteiger partial charge in [0.1, 0.15) is 5.84 Å². The van der Waals surface area contributed by atoms with Gasteiger partial charge < -0.3 is 5.73 Å². The van der Waals surface area contributed by atoms with Crippen LogP contribution in [0.3, 0.4) is 0 Å². The maximum Gasteiger partial charge on any atom is 0.122 e. The number of benzene rings is 1. The van der Waals surface area contributed by atoms with Crippen molar-refractivity contribution in [2.45, 2.75) is 6.92 Å². The number of nitrogens with two attached hydrogens (primary N) is 1. The summed E-state index contributed by atoms with van der Waals surface area (Å²) >= 11 is 0. The molecule has 0 saturated heterocycles. The molecule has 84 valence electrons. The monoisotopic (exact) mass is 278 g/mol. The Bertz CT molecular complexity index is 248. The predicted molar refractivity (Wildman–Crippen MR) is 71.2 cm³/mol. The molecule has 0 saturated carbocycles. The van der Waals surface area contributed by atoms with Gasteiger partial charge in [-0.05, 0) is 6.92 Å². The molecule has 14 heavy (non-hydrogen) atoms. The molecule has 0 radical (unpaired) electrons. The Balaban J connectivity index is -0.000000125. The molecule has 0 bridgehead atoms. The van der Waals surface area contributed by atoms with Crippen LogP contribution in [-0.4, -0.2) is 5.84 Å². The molecule has 1 aromatic carbocycles.